The van der Waals surface area contributed by atoms with Crippen LogP contribution in [0.15, 0.2) is 12.1 Å². The van der Waals surface area contributed by atoms with E-state index in [0.29, 0.717) is 23.2 Å². The van der Waals surface area contributed by atoms with Gasteiger partial charge in [-0.2, -0.15) is 0 Å². The first kappa shape index (κ1) is 19.2. The summed E-state index contributed by atoms with van der Waals surface area (Å²) in [6, 6.07) is 3.92. The fourth-order valence-electron chi connectivity index (χ4n) is 3.09. The molecule has 1 fully saturated rings. The lowest BCUT2D eigenvalue weighted by Gasteiger charge is -2.39. The number of carbonyl (C=O) groups is 1. The molecule has 0 saturated carbocycles. The van der Waals surface area contributed by atoms with Gasteiger partial charge in [-0.1, -0.05) is 25.4 Å². The lowest BCUT2D eigenvalue weighted by Crippen LogP contribution is -2.52. The average molecular weight is 354 g/mol. The highest BCUT2D eigenvalue weighted by atomic mass is 35.5. The number of ketones is 1. The van der Waals surface area contributed by atoms with Crippen LogP contribution in [0.5, 0.6) is 0 Å². The normalized spacial score (nSPS) is 16.3. The third-order valence-corrected chi connectivity index (χ3v) is 5.03. The number of hydrogen-bond acceptors (Lipinski definition) is 5. The summed E-state index contributed by atoms with van der Waals surface area (Å²) in [5.41, 5.74) is 0.651. The number of ether oxygens (including phenoxy) is 1. The van der Waals surface area contributed by atoms with E-state index in [0.717, 1.165) is 38.4 Å². The fourth-order valence-corrected chi connectivity index (χ4v) is 3.30. The number of rotatable bonds is 9. The largest absolute Gasteiger partial charge is 0.378 e. The average Bonchev–Trinajstić information content (AvgIpc) is 2.52. The Hall–Kier alpha value is -1.17. The Morgan fingerprint density at radius 3 is 2.67 bits per heavy atom. The summed E-state index contributed by atoms with van der Waals surface area (Å²) in [5, 5.41) is 0.369. The molecule has 0 unspecified atom stereocenters. The van der Waals surface area contributed by atoms with Gasteiger partial charge >= 0.3 is 0 Å². The number of halogens is 1. The fraction of sp³-hybridized carbons (Fsp3) is 0.667. The number of aromatic nitrogens is 1. The maximum atomic E-state index is 12.6. The number of hydrogen-bond donors (Lipinski definition) is 0. The quantitative estimate of drug-likeness (QED) is 0.503. The van der Waals surface area contributed by atoms with E-state index in [2.05, 4.69) is 35.6 Å². The molecule has 0 amide bonds. The van der Waals surface area contributed by atoms with Crippen LogP contribution >= 0.6 is 11.6 Å². The molecule has 1 aromatic heterocycles. The van der Waals surface area contributed by atoms with Gasteiger partial charge in [0.15, 0.2) is 5.78 Å². The van der Waals surface area contributed by atoms with E-state index in [1.54, 1.807) is 13.2 Å². The predicted molar refractivity (Wildman–Crippen MR) is 98.2 cm³/mol. The Morgan fingerprint density at radius 2 is 2.08 bits per heavy atom. The van der Waals surface area contributed by atoms with Gasteiger partial charge in [0.2, 0.25) is 0 Å². The number of carbonyl (C=O) groups excluding carboxylic acids is 1. The maximum Gasteiger partial charge on any atom is 0.163 e. The van der Waals surface area contributed by atoms with Crippen molar-refractivity contribution < 1.29 is 9.53 Å². The van der Waals surface area contributed by atoms with Crippen LogP contribution in [-0.4, -0.2) is 61.1 Å². The molecule has 2 heterocycles. The SMILES string of the molecule is CCN(CC)[C@@H](C)CCC(=O)c1cc(Cl)nc(N2CC(OC)C2)c1. The molecule has 1 atom stereocenters. The van der Waals surface area contributed by atoms with E-state index < -0.39 is 0 Å². The Bertz CT molecular complexity index is 557. The van der Waals surface area contributed by atoms with E-state index >= 15 is 0 Å². The standard InChI is InChI=1S/C18H28ClN3O2/c1-5-21(6-2)13(3)7-8-16(23)14-9-17(19)20-18(10-14)22-11-15(12-22)24-4/h9-10,13,15H,5-8,11-12H2,1-4H3/t13-/m0/s1. The lowest BCUT2D eigenvalue weighted by molar-refractivity contribution is 0.0783. The minimum absolute atomic E-state index is 0.128. The van der Waals surface area contributed by atoms with E-state index in [4.69, 9.17) is 16.3 Å². The number of nitrogens with zero attached hydrogens (tertiary/aromatic N) is 3. The third kappa shape index (κ3) is 4.68. The minimum Gasteiger partial charge on any atom is -0.378 e. The van der Waals surface area contributed by atoms with Crippen LogP contribution in [0, 0.1) is 0 Å². The lowest BCUT2D eigenvalue weighted by atomic mass is 10.0. The van der Waals surface area contributed by atoms with E-state index in [-0.39, 0.29) is 11.9 Å². The zero-order valence-corrected chi connectivity index (χ0v) is 15.8. The van der Waals surface area contributed by atoms with Crippen molar-refractivity contribution >= 4 is 23.2 Å². The molecular weight excluding hydrogens is 326 g/mol. The van der Waals surface area contributed by atoms with Gasteiger partial charge in [0.05, 0.1) is 6.10 Å². The Kier molecular flexibility index (Phi) is 7.02. The van der Waals surface area contributed by atoms with Crippen molar-refractivity contribution in [2.75, 3.05) is 38.2 Å². The van der Waals surface area contributed by atoms with Crippen LogP contribution in [0.1, 0.15) is 44.0 Å². The van der Waals surface area contributed by atoms with Crippen molar-refractivity contribution in [2.24, 2.45) is 0 Å². The Labute approximate surface area is 149 Å². The Balaban J connectivity index is 1.98. The molecule has 0 spiro atoms. The van der Waals surface area contributed by atoms with Gasteiger partial charge < -0.3 is 14.5 Å². The minimum atomic E-state index is 0.128. The second-order valence-corrected chi connectivity index (χ2v) is 6.72. The first-order chi connectivity index (χ1) is 11.5. The summed E-state index contributed by atoms with van der Waals surface area (Å²) in [7, 11) is 1.71. The number of pyridine rings is 1. The van der Waals surface area contributed by atoms with Gasteiger partial charge in [-0.05, 0) is 38.6 Å². The highest BCUT2D eigenvalue weighted by Crippen LogP contribution is 2.24. The molecule has 1 aliphatic rings. The molecule has 0 N–H and O–H groups in total. The number of anilines is 1. The van der Waals surface area contributed by atoms with Crippen molar-refractivity contribution in [3.05, 3.63) is 22.8 Å². The zero-order chi connectivity index (χ0) is 17.7. The second kappa shape index (κ2) is 8.79. The monoisotopic (exact) mass is 353 g/mol. The first-order valence-electron chi connectivity index (χ1n) is 8.71. The van der Waals surface area contributed by atoms with Crippen LogP contribution in [0.2, 0.25) is 5.15 Å². The number of Topliss-reactive ketones (excluding diaryl/α,β-unsaturated/α-hetero) is 1. The highest BCUT2D eigenvalue weighted by molar-refractivity contribution is 6.30. The van der Waals surface area contributed by atoms with Crippen LogP contribution < -0.4 is 4.90 Å². The molecule has 6 heteroatoms. The third-order valence-electron chi connectivity index (χ3n) is 4.83. The molecule has 1 aromatic rings. The molecule has 0 aliphatic carbocycles. The van der Waals surface area contributed by atoms with Crippen LogP contribution in [0.3, 0.4) is 0 Å². The van der Waals surface area contributed by atoms with Crippen molar-refractivity contribution in [1.82, 2.24) is 9.88 Å². The molecule has 0 radical (unpaired) electrons. The van der Waals surface area contributed by atoms with Crippen LogP contribution in [-0.2, 0) is 4.74 Å². The topological polar surface area (TPSA) is 45.7 Å². The molecule has 0 aromatic carbocycles. The summed E-state index contributed by atoms with van der Waals surface area (Å²) in [6.45, 7) is 10.1. The van der Waals surface area contributed by atoms with Gasteiger partial charge in [0.25, 0.3) is 0 Å². The maximum absolute atomic E-state index is 12.6. The molecule has 0 bridgehead atoms. The number of methoxy groups -OCH3 is 1. The van der Waals surface area contributed by atoms with Crippen molar-refractivity contribution in [3.8, 4) is 0 Å². The van der Waals surface area contributed by atoms with Gasteiger partial charge in [0.1, 0.15) is 11.0 Å². The zero-order valence-electron chi connectivity index (χ0n) is 15.1. The molecule has 2 rings (SSSR count). The summed E-state index contributed by atoms with van der Waals surface area (Å²) < 4.78 is 5.28. The van der Waals surface area contributed by atoms with Gasteiger partial charge in [-0.25, -0.2) is 4.98 Å². The summed E-state index contributed by atoms with van der Waals surface area (Å²) in [5.74, 6) is 0.888. The molecule has 24 heavy (non-hydrogen) atoms. The first-order valence-corrected chi connectivity index (χ1v) is 9.08. The van der Waals surface area contributed by atoms with Crippen LogP contribution in [0.25, 0.3) is 0 Å². The molecule has 1 saturated heterocycles. The molecular formula is C18H28ClN3O2. The van der Waals surface area contributed by atoms with Crippen molar-refractivity contribution in [3.63, 3.8) is 0 Å². The van der Waals surface area contributed by atoms with Gasteiger partial charge in [-0.3, -0.25) is 4.79 Å². The summed E-state index contributed by atoms with van der Waals surface area (Å²) in [6.07, 6.45) is 1.61. The van der Waals surface area contributed by atoms with Gasteiger partial charge in [0, 0.05) is 38.2 Å². The molecule has 134 valence electrons. The predicted octanol–water partition coefficient (Wildman–Crippen LogP) is 3.26. The van der Waals surface area contributed by atoms with Gasteiger partial charge in [-0.15, -0.1) is 0 Å². The van der Waals surface area contributed by atoms with Crippen LogP contribution in [0.4, 0.5) is 5.82 Å². The molecule has 1 aliphatic heterocycles. The van der Waals surface area contributed by atoms with Crippen molar-refractivity contribution in [1.29, 1.82) is 0 Å². The highest BCUT2D eigenvalue weighted by Gasteiger charge is 2.28. The van der Waals surface area contributed by atoms with E-state index in [1.807, 2.05) is 6.07 Å². The summed E-state index contributed by atoms with van der Waals surface area (Å²) >= 11 is 6.12. The second-order valence-electron chi connectivity index (χ2n) is 6.33. The Morgan fingerprint density at radius 1 is 1.42 bits per heavy atom. The van der Waals surface area contributed by atoms with E-state index in [1.165, 1.54) is 0 Å². The smallest absolute Gasteiger partial charge is 0.163 e. The summed E-state index contributed by atoms with van der Waals surface area (Å²) in [4.78, 5) is 21.3. The van der Waals surface area contributed by atoms with Crippen molar-refractivity contribution in [2.45, 2.75) is 45.8 Å². The van der Waals surface area contributed by atoms with E-state index in [9.17, 15) is 4.79 Å². The molecule has 5 nitrogen and oxygen atoms in total.